The van der Waals surface area contributed by atoms with Crippen molar-refractivity contribution in [2.24, 2.45) is 5.92 Å². The molecular weight excluding hydrogens is 346 g/mol. The fraction of sp³-hybridized carbons (Fsp3) is 0.333. The van der Waals surface area contributed by atoms with Gasteiger partial charge in [-0.15, -0.1) is 0 Å². The number of hydrogen-bond donors (Lipinski definition) is 1. The van der Waals surface area contributed by atoms with Crippen LogP contribution in [0.1, 0.15) is 17.0 Å². The van der Waals surface area contributed by atoms with Crippen LogP contribution >= 0.6 is 0 Å². The van der Waals surface area contributed by atoms with Crippen molar-refractivity contribution < 1.29 is 24.2 Å². The third kappa shape index (κ3) is 4.22. The summed E-state index contributed by atoms with van der Waals surface area (Å²) in [6, 6.07) is 14.8. The molecule has 6 heteroatoms. The molecule has 27 heavy (non-hydrogen) atoms. The Morgan fingerprint density at radius 3 is 2.52 bits per heavy atom. The van der Waals surface area contributed by atoms with Crippen LogP contribution in [-0.2, 0) is 9.59 Å². The zero-order chi connectivity index (χ0) is 19.4. The lowest BCUT2D eigenvalue weighted by Crippen LogP contribution is -2.33. The maximum Gasteiger partial charge on any atom is 0.308 e. The number of carbonyl (C=O) groups excluding carboxylic acids is 1. The Labute approximate surface area is 158 Å². The van der Waals surface area contributed by atoms with Gasteiger partial charge < -0.3 is 19.5 Å². The van der Waals surface area contributed by atoms with Crippen LogP contribution in [0.25, 0.3) is 0 Å². The van der Waals surface area contributed by atoms with Crippen LogP contribution in [0.5, 0.6) is 11.5 Å². The van der Waals surface area contributed by atoms with Crippen LogP contribution in [-0.4, -0.2) is 48.7 Å². The van der Waals surface area contributed by atoms with Crippen LogP contribution < -0.4 is 9.47 Å². The van der Waals surface area contributed by atoms with Gasteiger partial charge in [0, 0.05) is 19.0 Å². The SMILES string of the molecule is COc1ccc(OCC(=O)N2C[C@H](C(=O)O)[C@H](c3ccccc3)C2)cc1C. The fourth-order valence-corrected chi connectivity index (χ4v) is 3.47. The first-order valence-corrected chi connectivity index (χ1v) is 8.82. The molecule has 1 N–H and O–H groups in total. The highest BCUT2D eigenvalue weighted by atomic mass is 16.5. The Morgan fingerprint density at radius 1 is 1.15 bits per heavy atom. The Balaban J connectivity index is 1.65. The Morgan fingerprint density at radius 2 is 1.89 bits per heavy atom. The molecule has 2 aromatic carbocycles. The number of aliphatic carboxylic acids is 1. The van der Waals surface area contributed by atoms with Gasteiger partial charge in [0.15, 0.2) is 6.61 Å². The van der Waals surface area contributed by atoms with Gasteiger partial charge in [0.05, 0.1) is 13.0 Å². The molecule has 0 unspecified atom stereocenters. The maximum absolute atomic E-state index is 12.6. The van der Waals surface area contributed by atoms with Gasteiger partial charge in [0.2, 0.25) is 0 Å². The standard InChI is InChI=1S/C21H23NO5/c1-14-10-16(8-9-19(14)26-2)27-13-20(23)22-11-17(18(12-22)21(24)25)15-6-4-3-5-7-15/h3-10,17-18H,11-13H2,1-2H3,(H,24,25)/t17-,18-/m0/s1. The molecule has 0 bridgehead atoms. The first kappa shape index (κ1) is 18.8. The van der Waals surface area contributed by atoms with Gasteiger partial charge >= 0.3 is 5.97 Å². The van der Waals surface area contributed by atoms with Gasteiger partial charge in [0.1, 0.15) is 11.5 Å². The quantitative estimate of drug-likeness (QED) is 0.847. The average Bonchev–Trinajstić information content (AvgIpc) is 3.13. The van der Waals surface area contributed by atoms with E-state index in [9.17, 15) is 14.7 Å². The zero-order valence-electron chi connectivity index (χ0n) is 15.4. The number of carbonyl (C=O) groups is 2. The van der Waals surface area contributed by atoms with E-state index in [-0.39, 0.29) is 25.0 Å². The van der Waals surface area contributed by atoms with E-state index in [4.69, 9.17) is 9.47 Å². The highest BCUT2D eigenvalue weighted by Crippen LogP contribution is 2.33. The van der Waals surface area contributed by atoms with Gasteiger partial charge in [0.25, 0.3) is 5.91 Å². The lowest BCUT2D eigenvalue weighted by Gasteiger charge is -2.17. The Bertz CT molecular complexity index is 821. The zero-order valence-corrected chi connectivity index (χ0v) is 15.4. The lowest BCUT2D eigenvalue weighted by molar-refractivity contribution is -0.142. The third-order valence-corrected chi connectivity index (χ3v) is 4.95. The summed E-state index contributed by atoms with van der Waals surface area (Å²) in [5, 5.41) is 9.55. The number of nitrogens with zero attached hydrogens (tertiary/aromatic N) is 1. The molecule has 2 atom stereocenters. The van der Waals surface area contributed by atoms with E-state index in [1.807, 2.05) is 43.3 Å². The van der Waals surface area contributed by atoms with Crippen molar-refractivity contribution in [1.82, 2.24) is 4.90 Å². The number of methoxy groups -OCH3 is 1. The van der Waals surface area contributed by atoms with Crippen LogP contribution in [0.2, 0.25) is 0 Å². The minimum absolute atomic E-state index is 0.125. The molecule has 3 rings (SSSR count). The molecule has 0 aliphatic carbocycles. The second-order valence-corrected chi connectivity index (χ2v) is 6.68. The van der Waals surface area contributed by atoms with Crippen molar-refractivity contribution in [2.75, 3.05) is 26.8 Å². The summed E-state index contributed by atoms with van der Waals surface area (Å²) in [6.45, 7) is 2.35. The second kappa shape index (κ2) is 8.12. The molecule has 1 aliphatic heterocycles. The molecule has 1 heterocycles. The van der Waals surface area contributed by atoms with Crippen LogP contribution in [0.4, 0.5) is 0 Å². The molecule has 6 nitrogen and oxygen atoms in total. The molecule has 1 aliphatic rings. The van der Waals surface area contributed by atoms with Crippen LogP contribution in [0, 0.1) is 12.8 Å². The normalized spacial score (nSPS) is 19.0. The van der Waals surface area contributed by atoms with Gasteiger partial charge in [-0.05, 0) is 36.2 Å². The summed E-state index contributed by atoms with van der Waals surface area (Å²) in [4.78, 5) is 25.8. The summed E-state index contributed by atoms with van der Waals surface area (Å²) in [7, 11) is 1.60. The molecular formula is C21H23NO5. The molecule has 1 saturated heterocycles. The second-order valence-electron chi connectivity index (χ2n) is 6.68. The number of aryl methyl sites for hydroxylation is 1. The first-order chi connectivity index (χ1) is 13.0. The van der Waals surface area contributed by atoms with E-state index >= 15 is 0 Å². The largest absolute Gasteiger partial charge is 0.496 e. The number of rotatable bonds is 6. The van der Waals surface area contributed by atoms with E-state index in [2.05, 4.69) is 0 Å². The minimum atomic E-state index is -0.883. The topological polar surface area (TPSA) is 76.1 Å². The summed E-state index contributed by atoms with van der Waals surface area (Å²) in [6.07, 6.45) is 0. The molecule has 0 radical (unpaired) electrons. The molecule has 142 valence electrons. The van der Waals surface area contributed by atoms with Gasteiger partial charge in [-0.1, -0.05) is 30.3 Å². The summed E-state index contributed by atoms with van der Waals surface area (Å²) in [5.41, 5.74) is 1.85. The molecule has 2 aromatic rings. The lowest BCUT2D eigenvalue weighted by atomic mass is 9.89. The maximum atomic E-state index is 12.6. The van der Waals surface area contributed by atoms with E-state index < -0.39 is 11.9 Å². The number of ether oxygens (including phenoxy) is 2. The molecule has 1 amide bonds. The van der Waals surface area contributed by atoms with E-state index in [0.29, 0.717) is 12.3 Å². The van der Waals surface area contributed by atoms with Gasteiger partial charge in [-0.25, -0.2) is 0 Å². The molecule has 0 aromatic heterocycles. The van der Waals surface area contributed by atoms with E-state index in [1.165, 1.54) is 0 Å². The summed E-state index contributed by atoms with van der Waals surface area (Å²) in [5.74, 6) is -0.590. The molecule has 0 spiro atoms. The van der Waals surface area contributed by atoms with Gasteiger partial charge in [-0.3, -0.25) is 9.59 Å². The minimum Gasteiger partial charge on any atom is -0.496 e. The number of carboxylic acids is 1. The first-order valence-electron chi connectivity index (χ1n) is 8.82. The van der Waals surface area contributed by atoms with Crippen molar-refractivity contribution in [3.05, 3.63) is 59.7 Å². The van der Waals surface area contributed by atoms with Crippen molar-refractivity contribution in [3.8, 4) is 11.5 Å². The Kier molecular flexibility index (Phi) is 5.64. The molecule has 0 saturated carbocycles. The van der Waals surface area contributed by atoms with Crippen LogP contribution in [0.3, 0.4) is 0 Å². The summed E-state index contributed by atoms with van der Waals surface area (Å²) >= 11 is 0. The third-order valence-electron chi connectivity index (χ3n) is 4.95. The van der Waals surface area contributed by atoms with Crippen molar-refractivity contribution in [1.29, 1.82) is 0 Å². The average molecular weight is 369 g/mol. The van der Waals surface area contributed by atoms with E-state index in [0.717, 1.165) is 16.9 Å². The van der Waals surface area contributed by atoms with Gasteiger partial charge in [-0.2, -0.15) is 0 Å². The Hall–Kier alpha value is -3.02. The van der Waals surface area contributed by atoms with E-state index in [1.54, 1.807) is 24.1 Å². The van der Waals surface area contributed by atoms with Crippen LogP contribution in [0.15, 0.2) is 48.5 Å². The monoisotopic (exact) mass is 369 g/mol. The smallest absolute Gasteiger partial charge is 0.308 e. The van der Waals surface area contributed by atoms with Crippen molar-refractivity contribution in [2.45, 2.75) is 12.8 Å². The summed E-state index contributed by atoms with van der Waals surface area (Å²) < 4.78 is 10.8. The number of hydrogen-bond acceptors (Lipinski definition) is 4. The highest BCUT2D eigenvalue weighted by molar-refractivity contribution is 5.80. The predicted octanol–water partition coefficient (Wildman–Crippen LogP) is 2.71. The fourth-order valence-electron chi connectivity index (χ4n) is 3.47. The number of amides is 1. The molecule has 1 fully saturated rings. The number of benzene rings is 2. The highest BCUT2D eigenvalue weighted by Gasteiger charge is 2.40. The predicted molar refractivity (Wildman–Crippen MR) is 100 cm³/mol. The van der Waals surface area contributed by atoms with Crippen molar-refractivity contribution >= 4 is 11.9 Å². The number of likely N-dealkylation sites (tertiary alicyclic amines) is 1. The van der Waals surface area contributed by atoms with Crippen molar-refractivity contribution in [3.63, 3.8) is 0 Å². The number of carboxylic acid groups (broad SMARTS) is 1.